The lowest BCUT2D eigenvalue weighted by molar-refractivity contribution is -0.0177. The van der Waals surface area contributed by atoms with Crippen molar-refractivity contribution >= 4 is 15.9 Å². The van der Waals surface area contributed by atoms with E-state index in [1.54, 1.807) is 0 Å². The molecular weight excluding hydrogens is 330 g/mol. The van der Waals surface area contributed by atoms with Gasteiger partial charge in [0.2, 0.25) is 0 Å². The van der Waals surface area contributed by atoms with Crippen molar-refractivity contribution in [1.29, 1.82) is 0 Å². The van der Waals surface area contributed by atoms with E-state index in [0.29, 0.717) is 5.92 Å². The van der Waals surface area contributed by atoms with Crippen LogP contribution in [-0.2, 0) is 11.2 Å². The molecule has 2 atom stereocenters. The molecule has 5 heteroatoms. The Balaban J connectivity index is 2.05. The van der Waals surface area contributed by atoms with E-state index in [1.807, 2.05) is 18.3 Å². The van der Waals surface area contributed by atoms with E-state index in [2.05, 4.69) is 33.3 Å². The summed E-state index contributed by atoms with van der Waals surface area (Å²) in [6.45, 7) is 2.79. The van der Waals surface area contributed by atoms with Gasteiger partial charge in [0.15, 0.2) is 0 Å². The molecular formula is C16H26BrN3O. The highest BCUT2D eigenvalue weighted by Crippen LogP contribution is 2.30. The van der Waals surface area contributed by atoms with Gasteiger partial charge in [-0.05, 0) is 53.7 Å². The van der Waals surface area contributed by atoms with Gasteiger partial charge in [-0.3, -0.25) is 16.3 Å². The molecule has 0 spiro atoms. The minimum absolute atomic E-state index is 0.113. The highest BCUT2D eigenvalue weighted by Gasteiger charge is 2.31. The first-order valence-corrected chi connectivity index (χ1v) is 8.72. The fraction of sp³-hybridized carbons (Fsp3) is 0.688. The minimum atomic E-state index is 0.113. The fourth-order valence-corrected chi connectivity index (χ4v) is 3.49. The zero-order valence-electron chi connectivity index (χ0n) is 12.7. The summed E-state index contributed by atoms with van der Waals surface area (Å²) in [5, 5.41) is 0. The second kappa shape index (κ2) is 8.83. The van der Waals surface area contributed by atoms with Gasteiger partial charge in [-0.15, -0.1) is 0 Å². The standard InChI is InChI=1S/C16H26BrN3O/c1-2-21-16(12-6-4-3-5-7-12)15(20-18)10-14-9-8-13(17)11-19-14/h8-9,11-12,15-16,20H,2-7,10,18H2,1H3. The van der Waals surface area contributed by atoms with Crippen molar-refractivity contribution in [3.63, 3.8) is 0 Å². The molecule has 1 aliphatic carbocycles. The molecule has 0 radical (unpaired) electrons. The van der Waals surface area contributed by atoms with E-state index in [1.165, 1.54) is 32.1 Å². The summed E-state index contributed by atoms with van der Waals surface area (Å²) in [6, 6.07) is 4.17. The highest BCUT2D eigenvalue weighted by molar-refractivity contribution is 9.10. The number of hydrazine groups is 1. The van der Waals surface area contributed by atoms with Gasteiger partial charge < -0.3 is 4.74 Å². The molecule has 0 aliphatic heterocycles. The summed E-state index contributed by atoms with van der Waals surface area (Å²) < 4.78 is 7.05. The van der Waals surface area contributed by atoms with Crippen molar-refractivity contribution in [2.24, 2.45) is 11.8 Å². The van der Waals surface area contributed by atoms with Crippen LogP contribution in [0.1, 0.15) is 44.7 Å². The summed E-state index contributed by atoms with van der Waals surface area (Å²) in [4.78, 5) is 4.46. The Kier molecular flexibility index (Phi) is 7.10. The average Bonchev–Trinajstić information content (AvgIpc) is 2.53. The Morgan fingerprint density at radius 3 is 2.71 bits per heavy atom. The van der Waals surface area contributed by atoms with Gasteiger partial charge in [-0.2, -0.15) is 0 Å². The largest absolute Gasteiger partial charge is 0.377 e. The van der Waals surface area contributed by atoms with Crippen molar-refractivity contribution < 1.29 is 4.74 Å². The molecule has 1 saturated carbocycles. The number of ether oxygens (including phenoxy) is 1. The van der Waals surface area contributed by atoms with Gasteiger partial charge in [0, 0.05) is 29.4 Å². The number of nitrogens with one attached hydrogen (secondary N) is 1. The van der Waals surface area contributed by atoms with E-state index in [0.717, 1.165) is 23.2 Å². The molecule has 0 bridgehead atoms. The molecule has 21 heavy (non-hydrogen) atoms. The predicted octanol–water partition coefficient (Wildman–Crippen LogP) is 3.20. The molecule has 2 unspecified atom stereocenters. The summed E-state index contributed by atoms with van der Waals surface area (Å²) in [5.41, 5.74) is 4.01. The summed E-state index contributed by atoms with van der Waals surface area (Å²) in [6.07, 6.45) is 9.26. The smallest absolute Gasteiger partial charge is 0.0773 e. The Bertz CT molecular complexity index is 406. The monoisotopic (exact) mass is 355 g/mol. The first-order chi connectivity index (χ1) is 10.2. The van der Waals surface area contributed by atoms with Crippen LogP contribution < -0.4 is 11.3 Å². The SMILES string of the molecule is CCOC(C1CCCCC1)C(Cc1ccc(Br)cn1)NN. The van der Waals surface area contributed by atoms with Crippen LogP contribution >= 0.6 is 15.9 Å². The molecule has 2 rings (SSSR count). The summed E-state index contributed by atoms with van der Waals surface area (Å²) in [7, 11) is 0. The van der Waals surface area contributed by atoms with Gasteiger partial charge in [-0.25, -0.2) is 0 Å². The number of halogens is 1. The lowest BCUT2D eigenvalue weighted by atomic mass is 9.81. The second-order valence-corrected chi connectivity index (χ2v) is 6.68. The van der Waals surface area contributed by atoms with E-state index in [9.17, 15) is 0 Å². The maximum Gasteiger partial charge on any atom is 0.0773 e. The first kappa shape index (κ1) is 16.9. The number of nitrogens with zero attached hydrogens (tertiary/aromatic N) is 1. The van der Waals surface area contributed by atoms with Crippen molar-refractivity contribution in [1.82, 2.24) is 10.4 Å². The molecule has 118 valence electrons. The average molecular weight is 356 g/mol. The van der Waals surface area contributed by atoms with Crippen LogP contribution in [0.3, 0.4) is 0 Å². The van der Waals surface area contributed by atoms with Crippen molar-refractivity contribution in [2.75, 3.05) is 6.61 Å². The van der Waals surface area contributed by atoms with Gasteiger partial charge in [-0.1, -0.05) is 19.3 Å². The van der Waals surface area contributed by atoms with E-state index < -0.39 is 0 Å². The maximum absolute atomic E-state index is 6.05. The molecule has 1 aromatic rings. The quantitative estimate of drug-likeness (QED) is 0.582. The Morgan fingerprint density at radius 2 is 2.14 bits per heavy atom. The van der Waals surface area contributed by atoms with Gasteiger partial charge in [0.25, 0.3) is 0 Å². The second-order valence-electron chi connectivity index (χ2n) is 5.76. The lowest BCUT2D eigenvalue weighted by Crippen LogP contribution is -2.50. The maximum atomic E-state index is 6.05. The number of rotatable bonds is 7. The molecule has 1 heterocycles. The van der Waals surface area contributed by atoms with Crippen LogP contribution in [0.5, 0.6) is 0 Å². The molecule has 1 fully saturated rings. The van der Waals surface area contributed by atoms with Gasteiger partial charge >= 0.3 is 0 Å². The molecule has 1 aromatic heterocycles. The predicted molar refractivity (Wildman–Crippen MR) is 88.7 cm³/mol. The van der Waals surface area contributed by atoms with E-state index in [-0.39, 0.29) is 12.1 Å². The van der Waals surface area contributed by atoms with Crippen molar-refractivity contribution in [3.05, 3.63) is 28.5 Å². The van der Waals surface area contributed by atoms with Gasteiger partial charge in [0.1, 0.15) is 0 Å². The number of hydrogen-bond acceptors (Lipinski definition) is 4. The molecule has 0 aromatic carbocycles. The van der Waals surface area contributed by atoms with Crippen LogP contribution in [0.2, 0.25) is 0 Å². The lowest BCUT2D eigenvalue weighted by Gasteiger charge is -2.35. The van der Waals surface area contributed by atoms with Crippen LogP contribution in [0.15, 0.2) is 22.8 Å². The fourth-order valence-electron chi connectivity index (χ4n) is 3.26. The molecule has 4 nitrogen and oxygen atoms in total. The summed E-state index contributed by atoms with van der Waals surface area (Å²) in [5.74, 6) is 6.43. The Morgan fingerprint density at radius 1 is 1.38 bits per heavy atom. The third kappa shape index (κ3) is 5.02. The molecule has 0 amide bonds. The number of pyridine rings is 1. The zero-order valence-corrected chi connectivity index (χ0v) is 14.3. The van der Waals surface area contributed by atoms with E-state index >= 15 is 0 Å². The summed E-state index contributed by atoms with van der Waals surface area (Å²) >= 11 is 3.42. The van der Waals surface area contributed by atoms with E-state index in [4.69, 9.17) is 10.6 Å². The zero-order chi connectivity index (χ0) is 15.1. The Hall–Kier alpha value is -0.490. The van der Waals surface area contributed by atoms with Crippen LogP contribution in [0, 0.1) is 5.92 Å². The number of hydrogen-bond donors (Lipinski definition) is 2. The normalized spacial score (nSPS) is 19.4. The topological polar surface area (TPSA) is 60.2 Å². The highest BCUT2D eigenvalue weighted by atomic mass is 79.9. The van der Waals surface area contributed by atoms with Crippen LogP contribution in [0.25, 0.3) is 0 Å². The third-order valence-corrected chi connectivity index (χ3v) is 4.77. The van der Waals surface area contributed by atoms with Crippen LogP contribution in [0.4, 0.5) is 0 Å². The van der Waals surface area contributed by atoms with Crippen LogP contribution in [-0.4, -0.2) is 23.7 Å². The third-order valence-electron chi connectivity index (χ3n) is 4.30. The molecule has 0 saturated heterocycles. The van der Waals surface area contributed by atoms with Crippen molar-refractivity contribution in [3.8, 4) is 0 Å². The number of nitrogens with two attached hydrogens (primary N) is 1. The van der Waals surface area contributed by atoms with Gasteiger partial charge in [0.05, 0.1) is 12.1 Å². The first-order valence-electron chi connectivity index (χ1n) is 7.92. The minimum Gasteiger partial charge on any atom is -0.377 e. The molecule has 1 aliphatic rings. The molecule has 3 N–H and O–H groups in total. The Labute approximate surface area is 136 Å². The van der Waals surface area contributed by atoms with Crippen molar-refractivity contribution in [2.45, 2.75) is 57.6 Å². The number of aromatic nitrogens is 1.